The van der Waals surface area contributed by atoms with Crippen LogP contribution in [0.5, 0.6) is 0 Å². The molecule has 156 valence electrons. The highest BCUT2D eigenvalue weighted by Gasteiger charge is 2.30. The number of hydrogen-bond acceptors (Lipinski definition) is 2. The zero-order chi connectivity index (χ0) is 21.7. The summed E-state index contributed by atoms with van der Waals surface area (Å²) in [5, 5.41) is 3.13. The van der Waals surface area contributed by atoms with Crippen LogP contribution in [0.4, 0.5) is 13.6 Å². The van der Waals surface area contributed by atoms with Gasteiger partial charge in [-0.05, 0) is 44.0 Å². The highest BCUT2D eigenvalue weighted by Crippen LogP contribution is 2.27. The Labute approximate surface area is 179 Å². The Morgan fingerprint density at radius 3 is 2.31 bits per heavy atom. The van der Waals surface area contributed by atoms with Crippen LogP contribution in [0.1, 0.15) is 37.5 Å². The van der Waals surface area contributed by atoms with Crippen molar-refractivity contribution in [3.8, 4) is 0 Å². The smallest absolute Gasteiger partial charge is 0.407 e. The number of carbonyl (C=O) groups excluding carboxylic acids is 1. The van der Waals surface area contributed by atoms with Crippen LogP contribution in [-0.4, -0.2) is 24.2 Å². The van der Waals surface area contributed by atoms with Crippen molar-refractivity contribution in [2.24, 2.45) is 0 Å². The lowest BCUT2D eigenvalue weighted by atomic mass is 10.0. The lowest BCUT2D eigenvalue weighted by Crippen LogP contribution is -2.40. The van der Waals surface area contributed by atoms with E-state index in [1.54, 1.807) is 75.4 Å². The molecule has 0 saturated heterocycles. The summed E-state index contributed by atoms with van der Waals surface area (Å²) in [7, 11) is 0. The van der Waals surface area contributed by atoms with E-state index < -0.39 is 30.6 Å². The van der Waals surface area contributed by atoms with Gasteiger partial charge in [-0.2, -0.15) is 0 Å². The summed E-state index contributed by atoms with van der Waals surface area (Å²) in [6.07, 6.45) is 2.11. The Hall–Kier alpha value is -2.11. The third-order valence-electron chi connectivity index (χ3n) is 3.75. The molecule has 3 nitrogen and oxygen atoms in total. The molecular weight excluding hydrogens is 419 g/mol. The summed E-state index contributed by atoms with van der Waals surface area (Å²) in [6, 6.07) is 12.0. The standard InChI is InChI=1S/C22H23Cl2F2NO2/c1-21(2,3)29-20(28)27-14-22(25,26)13-16-7-4-6-15(12-16)10-11-17-18(23)8-5-9-19(17)24/h4-12H,13-14H2,1-3H3,(H,27,28). The largest absolute Gasteiger partial charge is 0.444 e. The molecule has 0 radical (unpaired) electrons. The van der Waals surface area contributed by atoms with E-state index in [9.17, 15) is 13.6 Å². The van der Waals surface area contributed by atoms with Gasteiger partial charge >= 0.3 is 6.09 Å². The molecule has 0 unspecified atom stereocenters. The maximum absolute atomic E-state index is 14.3. The third kappa shape index (κ3) is 8.03. The molecule has 0 aliphatic rings. The maximum atomic E-state index is 14.3. The van der Waals surface area contributed by atoms with Crippen LogP contribution in [-0.2, 0) is 11.2 Å². The van der Waals surface area contributed by atoms with Gasteiger partial charge in [0.1, 0.15) is 5.60 Å². The normalized spacial score (nSPS) is 12.2. The molecule has 2 rings (SSSR count). The fourth-order valence-electron chi connectivity index (χ4n) is 2.53. The number of ether oxygens (including phenoxy) is 1. The number of amides is 1. The van der Waals surface area contributed by atoms with Crippen LogP contribution in [0, 0.1) is 0 Å². The van der Waals surface area contributed by atoms with E-state index >= 15 is 0 Å². The second-order valence-electron chi connectivity index (χ2n) is 7.60. The first kappa shape index (κ1) is 23.2. The van der Waals surface area contributed by atoms with Crippen molar-refractivity contribution in [1.82, 2.24) is 5.32 Å². The molecule has 0 aliphatic carbocycles. The van der Waals surface area contributed by atoms with Gasteiger partial charge in [-0.15, -0.1) is 0 Å². The summed E-state index contributed by atoms with van der Waals surface area (Å²) < 4.78 is 33.5. The number of hydrogen-bond donors (Lipinski definition) is 1. The van der Waals surface area contributed by atoms with E-state index in [0.29, 0.717) is 21.2 Å². The summed E-state index contributed by atoms with van der Waals surface area (Å²) in [4.78, 5) is 11.6. The molecule has 0 fully saturated rings. The Morgan fingerprint density at radius 2 is 1.69 bits per heavy atom. The fourth-order valence-corrected chi connectivity index (χ4v) is 3.06. The molecule has 7 heteroatoms. The topological polar surface area (TPSA) is 38.3 Å². The number of halogens is 4. The van der Waals surface area contributed by atoms with Gasteiger partial charge in [0.2, 0.25) is 0 Å². The molecule has 2 aromatic rings. The van der Waals surface area contributed by atoms with Crippen LogP contribution in [0.3, 0.4) is 0 Å². The number of alkyl halides is 2. The highest BCUT2D eigenvalue weighted by molar-refractivity contribution is 6.37. The first-order chi connectivity index (χ1) is 13.5. The minimum absolute atomic E-state index is 0.438. The van der Waals surface area contributed by atoms with Gasteiger partial charge in [0.25, 0.3) is 5.92 Å². The molecule has 0 aromatic heterocycles. The lowest BCUT2D eigenvalue weighted by Gasteiger charge is -2.22. The third-order valence-corrected chi connectivity index (χ3v) is 4.41. The Bertz CT molecular complexity index is 872. The zero-order valence-electron chi connectivity index (χ0n) is 16.4. The van der Waals surface area contributed by atoms with Crippen molar-refractivity contribution in [2.75, 3.05) is 6.54 Å². The van der Waals surface area contributed by atoms with Crippen molar-refractivity contribution in [3.63, 3.8) is 0 Å². The molecule has 1 N–H and O–H groups in total. The van der Waals surface area contributed by atoms with E-state index in [1.807, 2.05) is 0 Å². The summed E-state index contributed by atoms with van der Waals surface area (Å²) >= 11 is 12.3. The van der Waals surface area contributed by atoms with Crippen molar-refractivity contribution >= 4 is 41.4 Å². The molecule has 1 amide bonds. The van der Waals surface area contributed by atoms with Crippen LogP contribution in [0.25, 0.3) is 12.2 Å². The average Bonchev–Trinajstić information content (AvgIpc) is 2.58. The molecule has 2 aromatic carbocycles. The first-order valence-corrected chi connectivity index (χ1v) is 9.76. The van der Waals surface area contributed by atoms with Crippen LogP contribution in [0.15, 0.2) is 42.5 Å². The second-order valence-corrected chi connectivity index (χ2v) is 8.42. The van der Waals surface area contributed by atoms with E-state index in [1.165, 1.54) is 0 Å². The quantitative estimate of drug-likeness (QED) is 0.496. The summed E-state index contributed by atoms with van der Waals surface area (Å²) in [5.74, 6) is -3.12. The van der Waals surface area contributed by atoms with Crippen LogP contribution < -0.4 is 5.32 Å². The van der Waals surface area contributed by atoms with E-state index in [-0.39, 0.29) is 0 Å². The molecular formula is C22H23Cl2F2NO2. The maximum Gasteiger partial charge on any atom is 0.407 e. The number of rotatable bonds is 6. The molecule has 0 bridgehead atoms. The van der Waals surface area contributed by atoms with Gasteiger partial charge in [0, 0.05) is 22.0 Å². The molecule has 29 heavy (non-hydrogen) atoms. The van der Waals surface area contributed by atoms with Crippen LogP contribution >= 0.6 is 23.2 Å². The fraction of sp³-hybridized carbons (Fsp3) is 0.318. The van der Waals surface area contributed by atoms with Gasteiger partial charge in [-0.1, -0.05) is 65.7 Å². The van der Waals surface area contributed by atoms with E-state index in [4.69, 9.17) is 27.9 Å². The lowest BCUT2D eigenvalue weighted by molar-refractivity contribution is -0.00410. The minimum atomic E-state index is -3.12. The average molecular weight is 442 g/mol. The number of benzene rings is 2. The summed E-state index contributed by atoms with van der Waals surface area (Å²) in [5.41, 5.74) is 1.08. The van der Waals surface area contributed by atoms with Crippen molar-refractivity contribution in [3.05, 3.63) is 69.2 Å². The van der Waals surface area contributed by atoms with Gasteiger partial charge in [-0.3, -0.25) is 0 Å². The van der Waals surface area contributed by atoms with Gasteiger partial charge in [-0.25, -0.2) is 13.6 Å². The first-order valence-electron chi connectivity index (χ1n) is 9.01. The molecule has 0 heterocycles. The Kier molecular flexibility index (Phi) is 7.66. The predicted octanol–water partition coefficient (Wildman–Crippen LogP) is 6.87. The Balaban J connectivity index is 2.03. The van der Waals surface area contributed by atoms with E-state index in [2.05, 4.69) is 5.32 Å². The number of alkyl carbamates (subject to hydrolysis) is 1. The SMILES string of the molecule is CC(C)(C)OC(=O)NCC(F)(F)Cc1cccc(C=Cc2c(Cl)cccc2Cl)c1. The number of carbonyl (C=O) groups is 1. The monoisotopic (exact) mass is 441 g/mol. The predicted molar refractivity (Wildman–Crippen MR) is 115 cm³/mol. The summed E-state index contributed by atoms with van der Waals surface area (Å²) in [6.45, 7) is 4.19. The second kappa shape index (κ2) is 9.59. The van der Waals surface area contributed by atoms with Crippen molar-refractivity contribution in [2.45, 2.75) is 38.7 Å². The minimum Gasteiger partial charge on any atom is -0.444 e. The zero-order valence-corrected chi connectivity index (χ0v) is 18.0. The highest BCUT2D eigenvalue weighted by atomic mass is 35.5. The van der Waals surface area contributed by atoms with E-state index in [0.717, 1.165) is 5.56 Å². The Morgan fingerprint density at radius 1 is 1.07 bits per heavy atom. The molecule has 0 saturated carbocycles. The van der Waals surface area contributed by atoms with Gasteiger partial charge in [0.15, 0.2) is 0 Å². The molecule has 0 spiro atoms. The number of nitrogens with one attached hydrogen (secondary N) is 1. The van der Waals surface area contributed by atoms with Gasteiger partial charge < -0.3 is 10.1 Å². The van der Waals surface area contributed by atoms with Gasteiger partial charge in [0.05, 0.1) is 6.54 Å². The molecule has 0 atom stereocenters. The van der Waals surface area contributed by atoms with Crippen molar-refractivity contribution < 1.29 is 18.3 Å². The molecule has 0 aliphatic heterocycles. The van der Waals surface area contributed by atoms with Crippen LogP contribution in [0.2, 0.25) is 10.0 Å². The van der Waals surface area contributed by atoms with Crippen molar-refractivity contribution in [1.29, 1.82) is 0 Å².